The lowest BCUT2D eigenvalue weighted by atomic mass is 10.0. The molecule has 0 saturated carbocycles. The van der Waals surface area contributed by atoms with Crippen LogP contribution in [0.5, 0.6) is 0 Å². The van der Waals surface area contributed by atoms with E-state index in [0.717, 1.165) is 20.6 Å². The van der Waals surface area contributed by atoms with Crippen LogP contribution in [0.15, 0.2) is 76.7 Å². The average molecular weight is 395 g/mol. The highest BCUT2D eigenvalue weighted by atomic mass is 32.2. The molecule has 7 heteroatoms. The van der Waals surface area contributed by atoms with Gasteiger partial charge in [-0.05, 0) is 47.5 Å². The molecule has 3 rings (SSSR count). The van der Waals surface area contributed by atoms with Gasteiger partial charge in [0.15, 0.2) is 0 Å². The highest BCUT2D eigenvalue weighted by Crippen LogP contribution is 2.17. The van der Waals surface area contributed by atoms with Crippen molar-refractivity contribution < 1.29 is 13.2 Å². The smallest absolute Gasteiger partial charge is 0.267 e. The fourth-order valence-electron chi connectivity index (χ4n) is 2.69. The van der Waals surface area contributed by atoms with Crippen LogP contribution in [-0.2, 0) is 10.0 Å². The minimum absolute atomic E-state index is 0.0559. The van der Waals surface area contributed by atoms with Gasteiger partial charge < -0.3 is 0 Å². The fourth-order valence-corrected chi connectivity index (χ4v) is 3.63. The molecule has 0 saturated heterocycles. The number of sulfonamides is 1. The number of benzene rings is 3. The van der Waals surface area contributed by atoms with E-state index >= 15 is 0 Å². The largest absolute Gasteiger partial charge is 0.271 e. The minimum Gasteiger partial charge on any atom is -0.267 e. The Labute approximate surface area is 164 Å². The van der Waals surface area contributed by atoms with Gasteiger partial charge in [0.1, 0.15) is 0 Å². The van der Waals surface area contributed by atoms with E-state index in [9.17, 15) is 13.2 Å². The van der Waals surface area contributed by atoms with E-state index in [4.69, 9.17) is 0 Å². The van der Waals surface area contributed by atoms with Crippen LogP contribution in [0.2, 0.25) is 0 Å². The normalized spacial score (nSPS) is 12.4. The van der Waals surface area contributed by atoms with Crippen molar-refractivity contribution in [3.63, 3.8) is 0 Å². The molecule has 3 aromatic carbocycles. The molecule has 0 heterocycles. The zero-order valence-corrected chi connectivity index (χ0v) is 16.7. The summed E-state index contributed by atoms with van der Waals surface area (Å²) in [6.07, 6.45) is 0. The zero-order chi connectivity index (χ0) is 20.3. The lowest BCUT2D eigenvalue weighted by Gasteiger charge is -2.12. The summed E-state index contributed by atoms with van der Waals surface area (Å²) in [6.45, 7) is 1.80. The van der Waals surface area contributed by atoms with Crippen LogP contribution in [0.3, 0.4) is 0 Å². The van der Waals surface area contributed by atoms with E-state index in [1.807, 2.05) is 42.5 Å². The van der Waals surface area contributed by atoms with Gasteiger partial charge in [-0.25, -0.2) is 18.1 Å². The van der Waals surface area contributed by atoms with Crippen molar-refractivity contribution in [1.29, 1.82) is 0 Å². The Hall–Kier alpha value is -3.03. The van der Waals surface area contributed by atoms with Gasteiger partial charge in [-0.2, -0.15) is 5.10 Å². The first-order valence-corrected chi connectivity index (χ1v) is 10.1. The molecule has 0 atom stereocenters. The number of amides is 1. The molecule has 0 aliphatic heterocycles. The van der Waals surface area contributed by atoms with Crippen molar-refractivity contribution in [3.8, 4) is 0 Å². The number of carbonyl (C=O) groups excluding carboxylic acids is 1. The number of nitrogens with one attached hydrogen (secondary N) is 1. The summed E-state index contributed by atoms with van der Waals surface area (Å²) in [5.74, 6) is -0.476. The van der Waals surface area contributed by atoms with E-state index in [1.54, 1.807) is 13.0 Å². The molecule has 1 N–H and O–H groups in total. The van der Waals surface area contributed by atoms with Gasteiger partial charge >= 0.3 is 0 Å². The van der Waals surface area contributed by atoms with Crippen LogP contribution < -0.4 is 5.43 Å². The SMILES string of the molecule is C/C(=N\NC(=O)c1cccc(S(=O)(=O)N(C)C)c1)c1ccc2ccccc2c1. The van der Waals surface area contributed by atoms with E-state index in [-0.39, 0.29) is 10.5 Å². The molecule has 0 aliphatic rings. The Kier molecular flexibility index (Phi) is 5.58. The van der Waals surface area contributed by atoms with Gasteiger partial charge in [0.25, 0.3) is 5.91 Å². The Bertz CT molecular complexity index is 1170. The number of fused-ring (bicyclic) bond motifs is 1. The van der Waals surface area contributed by atoms with Gasteiger partial charge in [-0.15, -0.1) is 0 Å². The second kappa shape index (κ2) is 7.92. The van der Waals surface area contributed by atoms with Gasteiger partial charge in [0, 0.05) is 19.7 Å². The summed E-state index contributed by atoms with van der Waals surface area (Å²) >= 11 is 0. The summed E-state index contributed by atoms with van der Waals surface area (Å²) < 4.78 is 25.6. The molecule has 6 nitrogen and oxygen atoms in total. The lowest BCUT2D eigenvalue weighted by molar-refractivity contribution is 0.0954. The molecule has 0 fully saturated rings. The molecule has 28 heavy (non-hydrogen) atoms. The first-order valence-electron chi connectivity index (χ1n) is 8.65. The van der Waals surface area contributed by atoms with Crippen LogP contribution in [0, 0.1) is 0 Å². The molecular formula is C21H21N3O3S. The monoisotopic (exact) mass is 395 g/mol. The Morgan fingerprint density at radius 3 is 2.32 bits per heavy atom. The van der Waals surface area contributed by atoms with Crippen LogP contribution in [0.1, 0.15) is 22.8 Å². The van der Waals surface area contributed by atoms with Crippen molar-refractivity contribution in [3.05, 3.63) is 77.9 Å². The van der Waals surface area contributed by atoms with Crippen molar-refractivity contribution in [2.45, 2.75) is 11.8 Å². The van der Waals surface area contributed by atoms with E-state index < -0.39 is 15.9 Å². The zero-order valence-electron chi connectivity index (χ0n) is 15.9. The van der Waals surface area contributed by atoms with Gasteiger partial charge in [-0.3, -0.25) is 4.79 Å². The summed E-state index contributed by atoms with van der Waals surface area (Å²) in [6, 6.07) is 19.8. The molecule has 0 unspecified atom stereocenters. The third kappa shape index (κ3) is 4.11. The van der Waals surface area contributed by atoms with E-state index in [0.29, 0.717) is 5.71 Å². The highest BCUT2D eigenvalue weighted by molar-refractivity contribution is 7.89. The molecule has 0 aliphatic carbocycles. The van der Waals surface area contributed by atoms with Crippen LogP contribution in [0.25, 0.3) is 10.8 Å². The number of hydrogen-bond donors (Lipinski definition) is 1. The maximum atomic E-state index is 12.4. The van der Waals surface area contributed by atoms with Crippen LogP contribution in [0.4, 0.5) is 0 Å². The number of hydrogen-bond acceptors (Lipinski definition) is 4. The predicted octanol–water partition coefficient (Wildman–Crippen LogP) is 3.24. The third-order valence-corrected chi connectivity index (χ3v) is 6.18. The van der Waals surface area contributed by atoms with E-state index in [2.05, 4.69) is 10.5 Å². The Morgan fingerprint density at radius 1 is 0.893 bits per heavy atom. The standard InChI is InChI=1S/C21H21N3O3S/c1-15(17-12-11-16-7-4-5-8-18(16)13-17)22-23-21(25)19-9-6-10-20(14-19)28(26,27)24(2)3/h4-14H,1-3H3,(H,23,25)/b22-15+. The second-order valence-corrected chi connectivity index (χ2v) is 8.67. The number of hydrazone groups is 1. The summed E-state index contributed by atoms with van der Waals surface area (Å²) in [4.78, 5) is 12.5. The Balaban J connectivity index is 1.80. The minimum atomic E-state index is -3.61. The molecule has 0 aromatic heterocycles. The molecule has 144 valence electrons. The van der Waals surface area contributed by atoms with Crippen LogP contribution in [-0.4, -0.2) is 38.4 Å². The summed E-state index contributed by atoms with van der Waals surface area (Å²) in [5, 5.41) is 6.37. The van der Waals surface area contributed by atoms with Crippen molar-refractivity contribution >= 4 is 32.4 Å². The quantitative estimate of drug-likeness (QED) is 0.532. The van der Waals surface area contributed by atoms with Crippen molar-refractivity contribution in [2.24, 2.45) is 5.10 Å². The maximum Gasteiger partial charge on any atom is 0.271 e. The molecule has 1 amide bonds. The number of rotatable bonds is 5. The van der Waals surface area contributed by atoms with Gasteiger partial charge in [-0.1, -0.05) is 42.5 Å². The number of nitrogens with zero attached hydrogens (tertiary/aromatic N) is 2. The Morgan fingerprint density at radius 2 is 1.61 bits per heavy atom. The summed E-state index contributed by atoms with van der Waals surface area (Å²) in [7, 11) is -0.723. The lowest BCUT2D eigenvalue weighted by Crippen LogP contribution is -2.23. The van der Waals surface area contributed by atoms with Gasteiger partial charge in [0.05, 0.1) is 10.6 Å². The first kappa shape index (κ1) is 19.7. The molecule has 0 bridgehead atoms. The number of carbonyl (C=O) groups is 1. The van der Waals surface area contributed by atoms with Crippen LogP contribution >= 0.6 is 0 Å². The van der Waals surface area contributed by atoms with Gasteiger partial charge in [0.2, 0.25) is 10.0 Å². The first-order chi connectivity index (χ1) is 13.3. The fraction of sp³-hybridized carbons (Fsp3) is 0.143. The molecule has 3 aromatic rings. The van der Waals surface area contributed by atoms with Crippen molar-refractivity contribution in [1.82, 2.24) is 9.73 Å². The highest BCUT2D eigenvalue weighted by Gasteiger charge is 2.18. The maximum absolute atomic E-state index is 12.4. The average Bonchev–Trinajstić information content (AvgIpc) is 2.71. The predicted molar refractivity (Wildman–Crippen MR) is 111 cm³/mol. The van der Waals surface area contributed by atoms with E-state index in [1.165, 1.54) is 32.3 Å². The molecular weight excluding hydrogens is 374 g/mol. The third-order valence-electron chi connectivity index (χ3n) is 4.37. The second-order valence-electron chi connectivity index (χ2n) is 6.52. The molecule has 0 radical (unpaired) electrons. The van der Waals surface area contributed by atoms with Crippen molar-refractivity contribution in [2.75, 3.05) is 14.1 Å². The molecule has 0 spiro atoms. The topological polar surface area (TPSA) is 78.8 Å². The summed E-state index contributed by atoms with van der Waals surface area (Å²) in [5.41, 5.74) is 4.25.